The van der Waals surface area contributed by atoms with Crippen molar-refractivity contribution in [2.75, 3.05) is 5.75 Å². The maximum atomic E-state index is 12.1. The number of benzene rings is 4. The molecule has 4 N–H and O–H groups in total. The fraction of sp³-hybridized carbons (Fsp3) is 0.250. The Labute approximate surface area is 286 Å². The number of carbonyl (C=O) groups excluding carboxylic acids is 1. The number of carboxylic acids is 1. The Hall–Kier alpha value is -5.08. The summed E-state index contributed by atoms with van der Waals surface area (Å²) in [6, 6.07) is 30.1. The standard InChI is InChI=1S/C36H35N5O7S/c42-21-23-7-9-25(10-8-23)32-19-31(22-49-36-38-39-40-41(36)29-11-13-30(43)14-12-29)47-35(48-32)28-6-2-5-27(18-28)26-4-1-3-24(17-26)20-37-33(44)15-16-34(45)46/h1-14,17-18,31-32,35,42-43H,15-16,19-22H2,(H,37,44)(H,45,46)/t31-,32+,35+/m0/s1. The molecule has 13 heteroatoms. The predicted molar refractivity (Wildman–Crippen MR) is 181 cm³/mol. The van der Waals surface area contributed by atoms with E-state index in [2.05, 4.69) is 20.8 Å². The van der Waals surface area contributed by atoms with Crippen LogP contribution in [0.2, 0.25) is 0 Å². The van der Waals surface area contributed by atoms with E-state index >= 15 is 0 Å². The number of phenols is 1. The van der Waals surface area contributed by atoms with Crippen LogP contribution in [-0.4, -0.2) is 59.3 Å². The first kappa shape index (κ1) is 33.8. The van der Waals surface area contributed by atoms with Crippen molar-refractivity contribution < 1.29 is 34.4 Å². The van der Waals surface area contributed by atoms with Crippen molar-refractivity contribution in [3.63, 3.8) is 0 Å². The van der Waals surface area contributed by atoms with E-state index < -0.39 is 12.3 Å². The molecule has 0 saturated carbocycles. The van der Waals surface area contributed by atoms with Crippen LogP contribution in [0.25, 0.3) is 16.8 Å². The average molecular weight is 682 g/mol. The first-order valence-corrected chi connectivity index (χ1v) is 16.7. The van der Waals surface area contributed by atoms with Gasteiger partial charge in [-0.05, 0) is 74.6 Å². The van der Waals surface area contributed by atoms with Crippen LogP contribution in [0, 0.1) is 0 Å². The summed E-state index contributed by atoms with van der Waals surface area (Å²) in [5.41, 5.74) is 6.12. The summed E-state index contributed by atoms with van der Waals surface area (Å²) in [5, 5.41) is 43.6. The molecular weight excluding hydrogens is 646 g/mol. The van der Waals surface area contributed by atoms with Crippen LogP contribution in [0.15, 0.2) is 102 Å². The second-order valence-electron chi connectivity index (χ2n) is 11.5. The van der Waals surface area contributed by atoms with Crippen LogP contribution < -0.4 is 5.32 Å². The van der Waals surface area contributed by atoms with Gasteiger partial charge in [0.05, 0.1) is 30.9 Å². The smallest absolute Gasteiger partial charge is 0.303 e. The highest BCUT2D eigenvalue weighted by molar-refractivity contribution is 7.99. The van der Waals surface area contributed by atoms with Crippen molar-refractivity contribution in [3.8, 4) is 22.6 Å². The van der Waals surface area contributed by atoms with Crippen LogP contribution >= 0.6 is 11.8 Å². The number of nitrogens with zero attached hydrogens (tertiary/aromatic N) is 4. The number of aliphatic hydroxyl groups is 1. The molecule has 0 aliphatic carbocycles. The Kier molecular flexibility index (Phi) is 11.0. The first-order valence-electron chi connectivity index (χ1n) is 15.7. The molecule has 12 nitrogen and oxygen atoms in total. The number of aliphatic hydroxyl groups excluding tert-OH is 1. The zero-order valence-corrected chi connectivity index (χ0v) is 27.2. The lowest BCUT2D eigenvalue weighted by Crippen LogP contribution is -2.31. The Bertz CT molecular complexity index is 1880. The molecule has 0 radical (unpaired) electrons. The van der Waals surface area contributed by atoms with Gasteiger partial charge in [-0.25, -0.2) is 0 Å². The van der Waals surface area contributed by atoms with Crippen molar-refractivity contribution >= 4 is 23.6 Å². The van der Waals surface area contributed by atoms with Gasteiger partial charge in [-0.2, -0.15) is 4.68 Å². The van der Waals surface area contributed by atoms with Crippen LogP contribution in [-0.2, 0) is 32.2 Å². The Morgan fingerprint density at radius 2 is 1.63 bits per heavy atom. The maximum absolute atomic E-state index is 12.1. The lowest BCUT2D eigenvalue weighted by molar-refractivity contribution is -0.245. The normalized spacial score (nSPS) is 17.4. The van der Waals surface area contributed by atoms with Gasteiger partial charge in [-0.3, -0.25) is 9.59 Å². The second-order valence-corrected chi connectivity index (χ2v) is 12.5. The third-order valence-electron chi connectivity index (χ3n) is 8.02. The Morgan fingerprint density at radius 1 is 0.878 bits per heavy atom. The van der Waals surface area contributed by atoms with E-state index in [1.54, 1.807) is 28.9 Å². The number of aliphatic carboxylic acids is 1. The molecule has 1 amide bonds. The number of amides is 1. The maximum Gasteiger partial charge on any atom is 0.303 e. The second kappa shape index (κ2) is 15.9. The molecule has 4 aromatic carbocycles. The molecule has 2 heterocycles. The molecule has 1 fully saturated rings. The van der Waals surface area contributed by atoms with E-state index in [-0.39, 0.29) is 49.9 Å². The van der Waals surface area contributed by atoms with Gasteiger partial charge in [0.25, 0.3) is 0 Å². The van der Waals surface area contributed by atoms with Gasteiger partial charge in [0.2, 0.25) is 11.1 Å². The highest BCUT2D eigenvalue weighted by atomic mass is 32.2. The molecule has 0 unspecified atom stereocenters. The van der Waals surface area contributed by atoms with Crippen molar-refractivity contribution in [1.82, 2.24) is 25.5 Å². The van der Waals surface area contributed by atoms with E-state index in [9.17, 15) is 19.8 Å². The van der Waals surface area contributed by atoms with E-state index in [0.717, 1.165) is 39.1 Å². The average Bonchev–Trinajstić information content (AvgIpc) is 3.61. The Balaban J connectivity index is 1.20. The van der Waals surface area contributed by atoms with E-state index in [1.165, 1.54) is 11.8 Å². The zero-order valence-electron chi connectivity index (χ0n) is 26.4. The summed E-state index contributed by atoms with van der Waals surface area (Å²) in [5.74, 6) is -0.623. The van der Waals surface area contributed by atoms with Crippen molar-refractivity contribution in [3.05, 3.63) is 119 Å². The molecule has 3 atom stereocenters. The molecule has 6 rings (SSSR count). The number of hydrogen-bond donors (Lipinski definition) is 4. The number of nitrogens with one attached hydrogen (secondary N) is 1. The minimum Gasteiger partial charge on any atom is -0.508 e. The minimum absolute atomic E-state index is 0.0440. The number of rotatable bonds is 13. The van der Waals surface area contributed by atoms with Gasteiger partial charge in [0.15, 0.2) is 6.29 Å². The molecule has 0 bridgehead atoms. The number of aromatic nitrogens is 4. The fourth-order valence-electron chi connectivity index (χ4n) is 5.45. The van der Waals surface area contributed by atoms with Gasteiger partial charge in [0, 0.05) is 30.7 Å². The summed E-state index contributed by atoms with van der Waals surface area (Å²) in [4.78, 5) is 22.8. The van der Waals surface area contributed by atoms with Gasteiger partial charge in [-0.15, -0.1) is 5.10 Å². The number of hydrogen-bond acceptors (Lipinski definition) is 10. The number of tetrazole rings is 1. The van der Waals surface area contributed by atoms with Gasteiger partial charge < -0.3 is 30.1 Å². The number of ether oxygens (including phenoxy) is 2. The van der Waals surface area contributed by atoms with Crippen molar-refractivity contribution in [2.24, 2.45) is 0 Å². The van der Waals surface area contributed by atoms with Gasteiger partial charge in [-0.1, -0.05) is 72.4 Å². The van der Waals surface area contributed by atoms with E-state index in [1.807, 2.05) is 72.8 Å². The molecule has 1 aliphatic heterocycles. The number of phenolic OH excluding ortho intramolecular Hbond substituents is 1. The van der Waals surface area contributed by atoms with Crippen molar-refractivity contribution in [1.29, 1.82) is 0 Å². The molecule has 252 valence electrons. The molecule has 5 aromatic rings. The largest absolute Gasteiger partial charge is 0.508 e. The molecule has 1 aromatic heterocycles. The third-order valence-corrected chi connectivity index (χ3v) is 9.07. The quantitative estimate of drug-likeness (QED) is 0.118. The summed E-state index contributed by atoms with van der Waals surface area (Å²) in [7, 11) is 0. The van der Waals surface area contributed by atoms with E-state index in [0.29, 0.717) is 17.3 Å². The molecule has 1 saturated heterocycles. The molecular formula is C36H35N5O7S. The highest BCUT2D eigenvalue weighted by Crippen LogP contribution is 2.40. The van der Waals surface area contributed by atoms with Gasteiger partial charge in [0.1, 0.15) is 5.75 Å². The summed E-state index contributed by atoms with van der Waals surface area (Å²) in [6.07, 6.45) is -0.874. The highest BCUT2D eigenvalue weighted by Gasteiger charge is 2.33. The van der Waals surface area contributed by atoms with Crippen LogP contribution in [0.3, 0.4) is 0 Å². The molecule has 0 spiro atoms. The fourth-order valence-corrected chi connectivity index (χ4v) is 6.36. The molecule has 49 heavy (non-hydrogen) atoms. The number of carboxylic acid groups (broad SMARTS) is 1. The lowest BCUT2D eigenvalue weighted by atomic mass is 9.99. The minimum atomic E-state index is -1.01. The summed E-state index contributed by atoms with van der Waals surface area (Å²) < 4.78 is 14.8. The number of aromatic hydroxyl groups is 1. The monoisotopic (exact) mass is 681 g/mol. The zero-order chi connectivity index (χ0) is 34.2. The topological polar surface area (TPSA) is 169 Å². The van der Waals surface area contributed by atoms with E-state index in [4.69, 9.17) is 14.6 Å². The van der Waals surface area contributed by atoms with Crippen LogP contribution in [0.5, 0.6) is 5.75 Å². The lowest BCUT2D eigenvalue weighted by Gasteiger charge is -2.36. The third kappa shape index (κ3) is 8.89. The summed E-state index contributed by atoms with van der Waals surface area (Å²) >= 11 is 1.46. The summed E-state index contributed by atoms with van der Waals surface area (Å²) in [6.45, 7) is 0.241. The van der Waals surface area contributed by atoms with Gasteiger partial charge >= 0.3 is 5.97 Å². The number of carbonyl (C=O) groups is 2. The van der Waals surface area contributed by atoms with Crippen molar-refractivity contribution in [2.45, 2.75) is 56.1 Å². The number of thioether (sulfide) groups is 1. The Morgan fingerprint density at radius 3 is 2.39 bits per heavy atom. The predicted octanol–water partition coefficient (Wildman–Crippen LogP) is 5.35. The first-order chi connectivity index (χ1) is 23.8. The SMILES string of the molecule is O=C(O)CCC(=O)NCc1cccc(-c2cccc([C@@H]3O[C@H](CSc4nnnn4-c4ccc(O)cc4)C[C@H](c4ccc(CO)cc4)O3)c2)c1. The van der Waals surface area contributed by atoms with Crippen LogP contribution in [0.4, 0.5) is 0 Å². The van der Waals surface area contributed by atoms with Crippen LogP contribution in [0.1, 0.15) is 53.9 Å². The molecule has 1 aliphatic rings.